The zero-order valence-corrected chi connectivity index (χ0v) is 12.3. The first kappa shape index (κ1) is 15.5. The standard InChI is InChI=1S/C14H21N3O4/c1-9(2)20-7-3-6-15-13(19)11-8-21-14(16-11)17-12(18)10-4-5-10/h8-10H,3-7H2,1-2H3,(H,15,19)(H,16,17,18). The van der Waals surface area contributed by atoms with E-state index in [1.54, 1.807) is 0 Å². The van der Waals surface area contributed by atoms with Gasteiger partial charge in [0.15, 0.2) is 5.69 Å². The van der Waals surface area contributed by atoms with Crippen molar-refractivity contribution in [3.05, 3.63) is 12.0 Å². The minimum absolute atomic E-state index is 0.0649. The molecule has 7 nitrogen and oxygen atoms in total. The molecule has 1 aliphatic carbocycles. The van der Waals surface area contributed by atoms with Gasteiger partial charge in [-0.25, -0.2) is 0 Å². The van der Waals surface area contributed by atoms with E-state index >= 15 is 0 Å². The number of nitrogens with zero attached hydrogens (tertiary/aromatic N) is 1. The molecule has 0 radical (unpaired) electrons. The molecule has 1 aromatic rings. The van der Waals surface area contributed by atoms with E-state index in [0.29, 0.717) is 13.2 Å². The average Bonchev–Trinajstić information content (AvgIpc) is 3.18. The van der Waals surface area contributed by atoms with Gasteiger partial charge in [0.25, 0.3) is 5.91 Å². The Morgan fingerprint density at radius 3 is 2.90 bits per heavy atom. The second-order valence-corrected chi connectivity index (χ2v) is 5.33. The lowest BCUT2D eigenvalue weighted by Gasteiger charge is -2.07. The topological polar surface area (TPSA) is 93.5 Å². The molecule has 0 unspecified atom stereocenters. The van der Waals surface area contributed by atoms with Crippen LogP contribution in [-0.4, -0.2) is 36.1 Å². The maximum atomic E-state index is 11.8. The monoisotopic (exact) mass is 295 g/mol. The highest BCUT2D eigenvalue weighted by Gasteiger charge is 2.30. The second-order valence-electron chi connectivity index (χ2n) is 5.33. The largest absolute Gasteiger partial charge is 0.431 e. The highest BCUT2D eigenvalue weighted by molar-refractivity contribution is 5.94. The molecule has 0 spiro atoms. The molecule has 2 N–H and O–H groups in total. The minimum atomic E-state index is -0.324. The van der Waals surface area contributed by atoms with Crippen LogP contribution >= 0.6 is 0 Å². The van der Waals surface area contributed by atoms with Crippen molar-refractivity contribution in [1.82, 2.24) is 10.3 Å². The Morgan fingerprint density at radius 1 is 1.48 bits per heavy atom. The zero-order chi connectivity index (χ0) is 15.2. The SMILES string of the molecule is CC(C)OCCCNC(=O)c1coc(NC(=O)C2CC2)n1. The van der Waals surface area contributed by atoms with E-state index in [9.17, 15) is 9.59 Å². The highest BCUT2D eigenvalue weighted by atomic mass is 16.5. The molecule has 0 atom stereocenters. The van der Waals surface area contributed by atoms with Gasteiger partial charge in [-0.15, -0.1) is 0 Å². The number of amides is 2. The normalized spacial score (nSPS) is 14.2. The van der Waals surface area contributed by atoms with Crippen molar-refractivity contribution < 1.29 is 18.7 Å². The Hall–Kier alpha value is -1.89. The van der Waals surface area contributed by atoms with Gasteiger partial charge in [-0.2, -0.15) is 4.98 Å². The summed E-state index contributed by atoms with van der Waals surface area (Å²) < 4.78 is 10.4. The summed E-state index contributed by atoms with van der Waals surface area (Å²) in [5.74, 6) is -0.361. The van der Waals surface area contributed by atoms with Crippen molar-refractivity contribution in [2.45, 2.75) is 39.2 Å². The molecule has 0 aromatic carbocycles. The molecule has 1 aliphatic rings. The molecule has 1 fully saturated rings. The number of rotatable bonds is 8. The summed E-state index contributed by atoms with van der Waals surface area (Å²) in [7, 11) is 0. The first-order chi connectivity index (χ1) is 10.1. The lowest BCUT2D eigenvalue weighted by Crippen LogP contribution is -2.26. The number of aromatic nitrogens is 1. The number of oxazole rings is 1. The van der Waals surface area contributed by atoms with Gasteiger partial charge >= 0.3 is 6.01 Å². The molecular formula is C14H21N3O4. The predicted molar refractivity (Wildman–Crippen MR) is 75.9 cm³/mol. The van der Waals surface area contributed by atoms with E-state index in [0.717, 1.165) is 19.3 Å². The van der Waals surface area contributed by atoms with Crippen LogP contribution in [0.4, 0.5) is 6.01 Å². The third-order valence-corrected chi connectivity index (χ3v) is 2.97. The Balaban J connectivity index is 1.70. The van der Waals surface area contributed by atoms with Crippen LogP contribution < -0.4 is 10.6 Å². The van der Waals surface area contributed by atoms with Crippen LogP contribution in [0.25, 0.3) is 0 Å². The molecule has 116 valence electrons. The first-order valence-electron chi connectivity index (χ1n) is 7.22. The van der Waals surface area contributed by atoms with Crippen LogP contribution in [0.2, 0.25) is 0 Å². The van der Waals surface area contributed by atoms with Crippen LogP contribution in [0.3, 0.4) is 0 Å². The Kier molecular flexibility index (Phi) is 5.32. The predicted octanol–water partition coefficient (Wildman–Crippen LogP) is 1.57. The van der Waals surface area contributed by atoms with E-state index in [2.05, 4.69) is 15.6 Å². The van der Waals surface area contributed by atoms with Crippen LogP contribution in [0.15, 0.2) is 10.7 Å². The number of carbonyl (C=O) groups is 2. The van der Waals surface area contributed by atoms with E-state index < -0.39 is 0 Å². The molecule has 1 heterocycles. The van der Waals surface area contributed by atoms with E-state index in [-0.39, 0.29) is 35.5 Å². The lowest BCUT2D eigenvalue weighted by atomic mass is 10.4. The van der Waals surface area contributed by atoms with Gasteiger partial charge < -0.3 is 14.5 Å². The van der Waals surface area contributed by atoms with Crippen molar-refractivity contribution >= 4 is 17.8 Å². The van der Waals surface area contributed by atoms with Gasteiger partial charge in [-0.05, 0) is 33.1 Å². The summed E-state index contributed by atoms with van der Waals surface area (Å²) in [5.41, 5.74) is 0.158. The summed E-state index contributed by atoms with van der Waals surface area (Å²) >= 11 is 0. The number of nitrogens with one attached hydrogen (secondary N) is 2. The fourth-order valence-electron chi connectivity index (χ4n) is 1.67. The summed E-state index contributed by atoms with van der Waals surface area (Å²) in [4.78, 5) is 27.3. The summed E-state index contributed by atoms with van der Waals surface area (Å²) in [6.07, 6.45) is 3.96. The molecule has 0 aliphatic heterocycles. The summed E-state index contributed by atoms with van der Waals surface area (Å²) in [6, 6.07) is 0.0696. The van der Waals surface area contributed by atoms with Gasteiger partial charge in [-0.3, -0.25) is 14.9 Å². The quantitative estimate of drug-likeness (QED) is 0.710. The van der Waals surface area contributed by atoms with E-state index in [4.69, 9.17) is 9.15 Å². The van der Waals surface area contributed by atoms with Gasteiger partial charge in [-0.1, -0.05) is 0 Å². The Labute approximate surface area is 123 Å². The molecule has 21 heavy (non-hydrogen) atoms. The van der Waals surface area contributed by atoms with Gasteiger partial charge in [0, 0.05) is 19.1 Å². The van der Waals surface area contributed by atoms with E-state index in [1.165, 1.54) is 6.26 Å². The van der Waals surface area contributed by atoms with Gasteiger partial charge in [0.05, 0.1) is 6.10 Å². The molecule has 1 aromatic heterocycles. The zero-order valence-electron chi connectivity index (χ0n) is 12.3. The van der Waals surface area contributed by atoms with Crippen LogP contribution in [0, 0.1) is 5.92 Å². The third-order valence-electron chi connectivity index (χ3n) is 2.97. The molecule has 7 heteroatoms. The lowest BCUT2D eigenvalue weighted by molar-refractivity contribution is -0.117. The van der Waals surface area contributed by atoms with Crippen molar-refractivity contribution in [3.63, 3.8) is 0 Å². The molecule has 2 rings (SSSR count). The smallest absolute Gasteiger partial charge is 0.302 e. The van der Waals surface area contributed by atoms with Gasteiger partial charge in [0.1, 0.15) is 6.26 Å². The van der Waals surface area contributed by atoms with Crippen LogP contribution in [0.5, 0.6) is 0 Å². The fourth-order valence-corrected chi connectivity index (χ4v) is 1.67. The second kappa shape index (κ2) is 7.21. The summed E-state index contributed by atoms with van der Waals surface area (Å²) in [6.45, 7) is 5.03. The maximum absolute atomic E-state index is 11.8. The van der Waals surface area contributed by atoms with Crippen molar-refractivity contribution in [2.24, 2.45) is 5.92 Å². The first-order valence-corrected chi connectivity index (χ1v) is 7.22. The van der Waals surface area contributed by atoms with Crippen molar-refractivity contribution in [2.75, 3.05) is 18.5 Å². The number of carbonyl (C=O) groups excluding carboxylic acids is 2. The minimum Gasteiger partial charge on any atom is -0.431 e. The fraction of sp³-hybridized carbons (Fsp3) is 0.643. The van der Waals surface area contributed by atoms with Crippen LogP contribution in [-0.2, 0) is 9.53 Å². The third kappa shape index (κ3) is 5.18. The molecule has 2 amide bonds. The van der Waals surface area contributed by atoms with Crippen molar-refractivity contribution in [1.29, 1.82) is 0 Å². The number of hydrogen-bond donors (Lipinski definition) is 2. The highest BCUT2D eigenvalue weighted by Crippen LogP contribution is 2.29. The maximum Gasteiger partial charge on any atom is 0.302 e. The Morgan fingerprint density at radius 2 is 2.24 bits per heavy atom. The van der Waals surface area contributed by atoms with E-state index in [1.807, 2.05) is 13.8 Å². The van der Waals surface area contributed by atoms with Crippen molar-refractivity contribution in [3.8, 4) is 0 Å². The Bertz CT molecular complexity index is 494. The van der Waals surface area contributed by atoms with Crippen LogP contribution in [0.1, 0.15) is 43.6 Å². The average molecular weight is 295 g/mol. The summed E-state index contributed by atoms with van der Waals surface area (Å²) in [5, 5.41) is 5.27. The molecular weight excluding hydrogens is 274 g/mol. The molecule has 0 saturated heterocycles. The number of ether oxygens (including phenoxy) is 1. The number of anilines is 1. The molecule has 1 saturated carbocycles. The van der Waals surface area contributed by atoms with Gasteiger partial charge in [0.2, 0.25) is 5.91 Å². The number of hydrogen-bond acceptors (Lipinski definition) is 5. The molecule has 0 bridgehead atoms.